The van der Waals surface area contributed by atoms with E-state index >= 15 is 0 Å². The molecule has 1 amide bonds. The predicted molar refractivity (Wildman–Crippen MR) is 116 cm³/mol. The van der Waals surface area contributed by atoms with Crippen LogP contribution < -0.4 is 24.8 Å². The highest BCUT2D eigenvalue weighted by Crippen LogP contribution is 2.38. The molecule has 0 aliphatic carbocycles. The van der Waals surface area contributed by atoms with Crippen molar-refractivity contribution in [2.75, 3.05) is 39.7 Å². The number of benzene rings is 1. The number of amides is 1. The van der Waals surface area contributed by atoms with Gasteiger partial charge >= 0.3 is 0 Å². The molecule has 10 heteroatoms. The quantitative estimate of drug-likeness (QED) is 0.501. The Hall–Kier alpha value is -3.82. The molecule has 0 unspecified atom stereocenters. The van der Waals surface area contributed by atoms with E-state index in [9.17, 15) is 4.79 Å². The van der Waals surface area contributed by atoms with Gasteiger partial charge in [-0.25, -0.2) is 15.0 Å². The van der Waals surface area contributed by atoms with Gasteiger partial charge in [-0.1, -0.05) is 0 Å². The van der Waals surface area contributed by atoms with Crippen molar-refractivity contribution in [1.29, 1.82) is 0 Å². The molecular formula is C21H26N6O4. The molecule has 10 nitrogen and oxygen atoms in total. The van der Waals surface area contributed by atoms with Crippen LogP contribution in [0.15, 0.2) is 30.9 Å². The van der Waals surface area contributed by atoms with E-state index in [-0.39, 0.29) is 5.91 Å². The number of aromatic nitrogens is 4. The average molecular weight is 426 g/mol. The highest BCUT2D eigenvalue weighted by atomic mass is 16.5. The molecule has 0 bridgehead atoms. The topological polar surface area (TPSA) is 112 Å². The zero-order valence-corrected chi connectivity index (χ0v) is 18.2. The molecule has 0 radical (unpaired) electrons. The molecule has 2 N–H and O–H groups in total. The van der Waals surface area contributed by atoms with E-state index in [0.29, 0.717) is 41.7 Å². The third kappa shape index (κ3) is 4.85. The van der Waals surface area contributed by atoms with Crippen LogP contribution in [0.2, 0.25) is 0 Å². The van der Waals surface area contributed by atoms with Gasteiger partial charge in [-0.15, -0.1) is 0 Å². The number of nitrogens with zero attached hydrogens (tertiary/aromatic N) is 4. The molecule has 0 atom stereocenters. The summed E-state index contributed by atoms with van der Waals surface area (Å²) in [6.45, 7) is 4.80. The Morgan fingerprint density at radius 2 is 1.68 bits per heavy atom. The van der Waals surface area contributed by atoms with E-state index in [4.69, 9.17) is 14.2 Å². The highest BCUT2D eigenvalue weighted by molar-refractivity contribution is 5.95. The summed E-state index contributed by atoms with van der Waals surface area (Å²) in [5.74, 6) is 2.39. The summed E-state index contributed by atoms with van der Waals surface area (Å²) in [5.41, 5.74) is 2.37. The van der Waals surface area contributed by atoms with Crippen LogP contribution in [0.3, 0.4) is 0 Å². The molecule has 3 aromatic rings. The molecule has 31 heavy (non-hydrogen) atoms. The average Bonchev–Trinajstić information content (AvgIpc) is 3.13. The molecule has 164 valence electrons. The zero-order chi connectivity index (χ0) is 22.4. The maximum absolute atomic E-state index is 12.5. The van der Waals surface area contributed by atoms with Crippen molar-refractivity contribution in [3.63, 3.8) is 0 Å². The van der Waals surface area contributed by atoms with Crippen LogP contribution in [0.1, 0.15) is 21.7 Å². The van der Waals surface area contributed by atoms with Crippen LogP contribution in [0.5, 0.6) is 17.2 Å². The number of hydrogen-bond donors (Lipinski definition) is 2. The molecule has 2 heterocycles. The van der Waals surface area contributed by atoms with Crippen molar-refractivity contribution in [1.82, 2.24) is 24.8 Å². The minimum absolute atomic E-state index is 0.256. The lowest BCUT2D eigenvalue weighted by Gasteiger charge is -2.14. The Labute approximate surface area is 180 Å². The number of aryl methyl sites for hydroxylation is 1. The first-order valence-corrected chi connectivity index (χ1v) is 9.63. The number of carbonyl (C=O) groups excluding carboxylic acids is 1. The van der Waals surface area contributed by atoms with Crippen molar-refractivity contribution in [2.24, 2.45) is 0 Å². The van der Waals surface area contributed by atoms with E-state index in [1.54, 1.807) is 18.5 Å². The van der Waals surface area contributed by atoms with Gasteiger partial charge in [0.05, 0.1) is 27.0 Å². The molecule has 3 rings (SSSR count). The standard InChI is InChI=1S/C21H26N6O4/c1-13-14(2)27(12-26-13)19-10-18(24-11-25-19)22-6-7-23-21(28)15-8-16(29-3)20(31-5)17(9-15)30-4/h8-12H,6-7H2,1-5H3,(H,23,28)(H,22,24,25). The van der Waals surface area contributed by atoms with Crippen LogP contribution in [0.25, 0.3) is 5.82 Å². The second kappa shape index (κ2) is 9.79. The normalized spacial score (nSPS) is 10.5. The maximum atomic E-state index is 12.5. The monoisotopic (exact) mass is 426 g/mol. The van der Waals surface area contributed by atoms with Gasteiger partial charge in [0.2, 0.25) is 5.75 Å². The zero-order valence-electron chi connectivity index (χ0n) is 18.2. The molecule has 0 saturated heterocycles. The van der Waals surface area contributed by atoms with Crippen LogP contribution >= 0.6 is 0 Å². The van der Waals surface area contributed by atoms with E-state index in [1.807, 2.05) is 24.5 Å². The fourth-order valence-corrected chi connectivity index (χ4v) is 2.99. The summed E-state index contributed by atoms with van der Waals surface area (Å²) in [7, 11) is 4.52. The Morgan fingerprint density at radius 3 is 2.26 bits per heavy atom. The minimum atomic E-state index is -0.256. The van der Waals surface area contributed by atoms with Crippen LogP contribution in [-0.4, -0.2) is 59.8 Å². The van der Waals surface area contributed by atoms with Crippen LogP contribution in [0, 0.1) is 13.8 Å². The van der Waals surface area contributed by atoms with E-state index in [1.165, 1.54) is 27.7 Å². The van der Waals surface area contributed by atoms with Crippen molar-refractivity contribution >= 4 is 11.7 Å². The fourth-order valence-electron chi connectivity index (χ4n) is 2.99. The van der Waals surface area contributed by atoms with Gasteiger partial charge < -0.3 is 24.8 Å². The molecule has 2 aromatic heterocycles. The summed E-state index contributed by atoms with van der Waals surface area (Å²) < 4.78 is 17.8. The first kappa shape index (κ1) is 21.9. The Morgan fingerprint density at radius 1 is 0.968 bits per heavy atom. The summed E-state index contributed by atoms with van der Waals surface area (Å²) in [4.78, 5) is 25.4. The second-order valence-electron chi connectivity index (χ2n) is 6.64. The Balaban J connectivity index is 1.59. The molecular weight excluding hydrogens is 400 g/mol. The Kier molecular flexibility index (Phi) is 6.91. The molecule has 0 aliphatic heterocycles. The number of anilines is 1. The number of rotatable bonds is 9. The third-order valence-corrected chi connectivity index (χ3v) is 4.79. The van der Waals surface area contributed by atoms with Crippen LogP contribution in [0.4, 0.5) is 5.82 Å². The lowest BCUT2D eigenvalue weighted by molar-refractivity contribution is 0.0954. The smallest absolute Gasteiger partial charge is 0.251 e. The largest absolute Gasteiger partial charge is 0.493 e. The highest BCUT2D eigenvalue weighted by Gasteiger charge is 2.16. The number of carbonyl (C=O) groups is 1. The second-order valence-corrected chi connectivity index (χ2v) is 6.64. The maximum Gasteiger partial charge on any atom is 0.251 e. The molecule has 0 spiro atoms. The summed E-state index contributed by atoms with van der Waals surface area (Å²) >= 11 is 0. The predicted octanol–water partition coefficient (Wildman–Crippen LogP) is 2.15. The lowest BCUT2D eigenvalue weighted by Crippen LogP contribution is -2.29. The van der Waals surface area contributed by atoms with Gasteiger partial charge in [0.1, 0.15) is 24.3 Å². The van der Waals surface area contributed by atoms with Crippen molar-refractivity contribution in [2.45, 2.75) is 13.8 Å². The number of imidazole rings is 1. The molecule has 0 aliphatic rings. The number of methoxy groups -OCH3 is 3. The number of nitrogens with one attached hydrogen (secondary N) is 2. The number of ether oxygens (including phenoxy) is 3. The fraction of sp³-hybridized carbons (Fsp3) is 0.333. The molecule has 0 fully saturated rings. The summed E-state index contributed by atoms with van der Waals surface area (Å²) in [6, 6.07) is 5.04. The molecule has 0 saturated carbocycles. The molecule has 1 aromatic carbocycles. The van der Waals surface area contributed by atoms with E-state index < -0.39 is 0 Å². The number of hydrogen-bond acceptors (Lipinski definition) is 8. The SMILES string of the molecule is COc1cc(C(=O)NCCNc2cc(-n3cnc(C)c3C)ncn2)cc(OC)c1OC. The van der Waals surface area contributed by atoms with Crippen LogP contribution in [-0.2, 0) is 0 Å². The first-order valence-electron chi connectivity index (χ1n) is 9.63. The van der Waals surface area contributed by atoms with E-state index in [0.717, 1.165) is 17.2 Å². The summed E-state index contributed by atoms with van der Waals surface area (Å²) in [6.07, 6.45) is 3.22. The first-order chi connectivity index (χ1) is 15.0. The van der Waals surface area contributed by atoms with Gasteiger partial charge in [0.25, 0.3) is 5.91 Å². The minimum Gasteiger partial charge on any atom is -0.493 e. The third-order valence-electron chi connectivity index (χ3n) is 4.79. The van der Waals surface area contributed by atoms with Gasteiger partial charge in [0, 0.05) is 30.4 Å². The lowest BCUT2D eigenvalue weighted by atomic mass is 10.1. The van der Waals surface area contributed by atoms with Crippen molar-refractivity contribution in [3.8, 4) is 23.1 Å². The van der Waals surface area contributed by atoms with E-state index in [2.05, 4.69) is 25.6 Å². The van der Waals surface area contributed by atoms with Crippen molar-refractivity contribution < 1.29 is 19.0 Å². The van der Waals surface area contributed by atoms with Gasteiger partial charge in [-0.3, -0.25) is 9.36 Å². The van der Waals surface area contributed by atoms with Gasteiger partial charge in [-0.2, -0.15) is 0 Å². The van der Waals surface area contributed by atoms with Crippen molar-refractivity contribution in [3.05, 3.63) is 47.8 Å². The van der Waals surface area contributed by atoms with Gasteiger partial charge in [-0.05, 0) is 26.0 Å². The summed E-state index contributed by atoms with van der Waals surface area (Å²) in [5, 5.41) is 6.04. The van der Waals surface area contributed by atoms with Gasteiger partial charge in [0.15, 0.2) is 11.5 Å². The Bertz CT molecular complexity index is 1040.